The molecule has 39 heavy (non-hydrogen) atoms. The van der Waals surface area contributed by atoms with Gasteiger partial charge in [-0.1, -0.05) is 19.1 Å². The lowest BCUT2D eigenvalue weighted by molar-refractivity contribution is -0.141. The second-order valence-electron chi connectivity index (χ2n) is 9.84. The van der Waals surface area contributed by atoms with Crippen molar-refractivity contribution in [2.24, 2.45) is 5.92 Å². The number of aromatic nitrogens is 2. The van der Waals surface area contributed by atoms with Crippen molar-refractivity contribution in [3.8, 4) is 22.9 Å². The van der Waals surface area contributed by atoms with Crippen LogP contribution >= 0.6 is 0 Å². The normalized spacial score (nSPS) is 16.6. The first-order valence-corrected chi connectivity index (χ1v) is 12.4. The quantitative estimate of drug-likeness (QED) is 0.277. The number of rotatable bonds is 7. The van der Waals surface area contributed by atoms with Crippen LogP contribution in [-0.4, -0.2) is 38.9 Å². The molecule has 2 aromatic carbocycles. The minimum Gasteiger partial charge on any atom is -0.481 e. The fourth-order valence-electron chi connectivity index (χ4n) is 4.81. The summed E-state index contributed by atoms with van der Waals surface area (Å²) in [6, 6.07) is 14.8. The number of nitrogens with one attached hydrogen (secondary N) is 1. The first kappa shape index (κ1) is 26.3. The summed E-state index contributed by atoms with van der Waals surface area (Å²) in [5.41, 5.74) is 2.50. The number of hydrogen-bond donors (Lipinski definition) is 2. The van der Waals surface area contributed by atoms with E-state index in [4.69, 9.17) is 9.84 Å². The third-order valence-corrected chi connectivity index (χ3v) is 7.08. The van der Waals surface area contributed by atoms with Gasteiger partial charge in [0.05, 0.1) is 28.9 Å². The van der Waals surface area contributed by atoms with Crippen molar-refractivity contribution in [1.82, 2.24) is 14.9 Å². The summed E-state index contributed by atoms with van der Waals surface area (Å²) in [7, 11) is 1.75. The van der Waals surface area contributed by atoms with Crippen LogP contribution in [0.3, 0.4) is 0 Å². The number of carboxylic acid groups (broad SMARTS) is 1. The number of hydrogen-bond acceptors (Lipinski definition) is 4. The number of H-pyrrole nitrogens is 1. The average Bonchev–Trinajstić information content (AvgIpc) is 3.46. The van der Waals surface area contributed by atoms with Gasteiger partial charge in [0.15, 0.2) is 0 Å². The molecule has 2 unspecified atom stereocenters. The molecule has 0 aliphatic carbocycles. The Kier molecular flexibility index (Phi) is 6.80. The number of carbonyl (C=O) groups excluding carboxylic acids is 1. The van der Waals surface area contributed by atoms with E-state index in [9.17, 15) is 22.8 Å². The van der Waals surface area contributed by atoms with Crippen molar-refractivity contribution in [3.05, 3.63) is 77.5 Å². The van der Waals surface area contributed by atoms with Gasteiger partial charge in [-0.2, -0.15) is 13.2 Å². The lowest BCUT2D eigenvalue weighted by Gasteiger charge is -2.23. The summed E-state index contributed by atoms with van der Waals surface area (Å²) >= 11 is 0. The molecule has 1 fully saturated rings. The van der Waals surface area contributed by atoms with E-state index in [-0.39, 0.29) is 11.9 Å². The van der Waals surface area contributed by atoms with Crippen LogP contribution in [0.4, 0.5) is 13.2 Å². The smallest absolute Gasteiger partial charge is 0.417 e. The van der Waals surface area contributed by atoms with E-state index in [0.717, 1.165) is 34.3 Å². The van der Waals surface area contributed by atoms with Crippen LogP contribution in [0.15, 0.2) is 60.8 Å². The van der Waals surface area contributed by atoms with Crippen molar-refractivity contribution in [1.29, 1.82) is 0 Å². The summed E-state index contributed by atoms with van der Waals surface area (Å²) in [4.78, 5) is 32.4. The molecular formula is C29H26F3N3O4. The molecule has 7 nitrogen and oxygen atoms in total. The van der Waals surface area contributed by atoms with Gasteiger partial charge in [0.25, 0.3) is 0 Å². The zero-order chi connectivity index (χ0) is 27.9. The summed E-state index contributed by atoms with van der Waals surface area (Å²) in [5.74, 6) is -0.241. The molecule has 10 heteroatoms. The van der Waals surface area contributed by atoms with Gasteiger partial charge in [-0.25, -0.2) is 0 Å². The number of carbonyl (C=O) groups is 2. The van der Waals surface area contributed by atoms with Gasteiger partial charge in [-0.05, 0) is 60.9 Å². The summed E-state index contributed by atoms with van der Waals surface area (Å²) in [5, 5.41) is 9.94. The van der Waals surface area contributed by atoms with Crippen molar-refractivity contribution in [2.45, 2.75) is 38.4 Å². The zero-order valence-electron chi connectivity index (χ0n) is 21.2. The third kappa shape index (κ3) is 5.45. The maximum Gasteiger partial charge on any atom is 0.417 e. The Hall–Kier alpha value is -4.34. The van der Waals surface area contributed by atoms with Crippen molar-refractivity contribution in [3.63, 3.8) is 0 Å². The Morgan fingerprint density at radius 1 is 1.18 bits per heavy atom. The predicted octanol–water partition coefficient (Wildman–Crippen LogP) is 6.60. The van der Waals surface area contributed by atoms with Gasteiger partial charge >= 0.3 is 12.1 Å². The molecule has 2 atom stereocenters. The second-order valence-corrected chi connectivity index (χ2v) is 9.84. The highest BCUT2D eigenvalue weighted by atomic mass is 19.4. The first-order chi connectivity index (χ1) is 18.5. The topological polar surface area (TPSA) is 95.5 Å². The van der Waals surface area contributed by atoms with E-state index >= 15 is 0 Å². The van der Waals surface area contributed by atoms with Gasteiger partial charge in [0.2, 0.25) is 5.91 Å². The highest BCUT2D eigenvalue weighted by molar-refractivity contribution is 5.88. The Bertz CT molecular complexity index is 1530. The largest absolute Gasteiger partial charge is 0.481 e. The highest BCUT2D eigenvalue weighted by Crippen LogP contribution is 2.41. The van der Waals surface area contributed by atoms with Crippen LogP contribution in [0.5, 0.6) is 11.5 Å². The Balaban J connectivity index is 1.49. The summed E-state index contributed by atoms with van der Waals surface area (Å²) < 4.78 is 45.2. The Morgan fingerprint density at radius 3 is 2.51 bits per heavy atom. The molecular weight excluding hydrogens is 511 g/mol. The number of nitrogens with zero attached hydrogens (tertiary/aromatic N) is 2. The molecule has 0 bridgehead atoms. The number of carboxylic acids is 1. The molecule has 1 aliphatic rings. The van der Waals surface area contributed by atoms with Gasteiger partial charge < -0.3 is 19.7 Å². The van der Waals surface area contributed by atoms with Gasteiger partial charge in [-0.15, -0.1) is 0 Å². The Labute approximate surface area is 222 Å². The van der Waals surface area contributed by atoms with E-state index in [2.05, 4.69) is 9.97 Å². The molecule has 2 N–H and O–H groups in total. The minimum absolute atomic E-state index is 0.0316. The van der Waals surface area contributed by atoms with Crippen LogP contribution in [0.2, 0.25) is 0 Å². The van der Waals surface area contributed by atoms with Crippen molar-refractivity contribution < 1.29 is 32.6 Å². The first-order valence-electron chi connectivity index (χ1n) is 12.4. The van der Waals surface area contributed by atoms with Crippen LogP contribution in [0, 0.1) is 5.92 Å². The molecule has 5 rings (SSSR count). The number of ether oxygens (including phenoxy) is 1. The van der Waals surface area contributed by atoms with Crippen LogP contribution in [0.1, 0.15) is 42.5 Å². The number of pyridine rings is 1. The number of halogens is 3. The van der Waals surface area contributed by atoms with Crippen molar-refractivity contribution in [2.75, 3.05) is 7.05 Å². The summed E-state index contributed by atoms with van der Waals surface area (Å²) in [6.07, 6.45) is -2.23. The third-order valence-electron chi connectivity index (χ3n) is 7.08. The van der Waals surface area contributed by atoms with E-state index in [1.807, 2.05) is 24.3 Å². The van der Waals surface area contributed by atoms with Crippen LogP contribution in [0.25, 0.3) is 22.3 Å². The number of aromatic amines is 1. The molecule has 1 amide bonds. The number of likely N-dealkylation sites (tertiary alicyclic amines) is 1. The maximum absolute atomic E-state index is 13.0. The standard InChI is InChI=1S/C29H26F3N3O4/c1-16(28(37)38)11-17-3-6-20(7-4-17)39-26-13-18-12-24(22-8-5-19(15-33-22)29(30,31)32)34-23(18)14-21(26)25-9-10-27(36)35(25)2/h3-8,12-16,25,34H,9-11H2,1-2H3,(H,37,38). The van der Waals surface area contributed by atoms with Gasteiger partial charge in [-0.3, -0.25) is 14.6 Å². The molecule has 202 valence electrons. The van der Waals surface area contributed by atoms with E-state index < -0.39 is 23.6 Å². The number of amides is 1. The number of aliphatic carboxylic acids is 1. The average molecular weight is 538 g/mol. The van der Waals surface area contributed by atoms with Gasteiger partial charge in [0, 0.05) is 36.1 Å². The van der Waals surface area contributed by atoms with E-state index in [1.165, 1.54) is 6.07 Å². The van der Waals surface area contributed by atoms with E-state index in [0.29, 0.717) is 42.1 Å². The fourth-order valence-corrected chi connectivity index (χ4v) is 4.81. The Morgan fingerprint density at radius 2 is 1.92 bits per heavy atom. The zero-order valence-corrected chi connectivity index (χ0v) is 21.2. The molecule has 3 heterocycles. The van der Waals surface area contributed by atoms with Crippen molar-refractivity contribution >= 4 is 22.8 Å². The molecule has 1 saturated heterocycles. The highest BCUT2D eigenvalue weighted by Gasteiger charge is 2.32. The molecule has 1 aliphatic heterocycles. The van der Waals surface area contributed by atoms with E-state index in [1.54, 1.807) is 37.1 Å². The molecule has 0 radical (unpaired) electrons. The van der Waals surface area contributed by atoms with Crippen LogP contribution in [-0.2, 0) is 22.2 Å². The van der Waals surface area contributed by atoms with Gasteiger partial charge in [0.1, 0.15) is 11.5 Å². The summed E-state index contributed by atoms with van der Waals surface area (Å²) in [6.45, 7) is 1.65. The van der Waals surface area contributed by atoms with Crippen LogP contribution < -0.4 is 4.74 Å². The number of benzene rings is 2. The lowest BCUT2D eigenvalue weighted by Crippen LogP contribution is -2.22. The molecule has 0 spiro atoms. The molecule has 4 aromatic rings. The lowest BCUT2D eigenvalue weighted by atomic mass is 10.0. The number of alkyl halides is 3. The second kappa shape index (κ2) is 10.1. The predicted molar refractivity (Wildman–Crippen MR) is 138 cm³/mol. The fraction of sp³-hybridized carbons (Fsp3) is 0.276. The molecule has 2 aromatic heterocycles. The number of fused-ring (bicyclic) bond motifs is 1. The monoisotopic (exact) mass is 537 g/mol. The minimum atomic E-state index is -4.47. The molecule has 0 saturated carbocycles. The maximum atomic E-state index is 13.0. The SMILES string of the molecule is CC(Cc1ccc(Oc2cc3cc(-c4ccc(C(F)(F)F)cn4)[nH]c3cc2C2CCC(=O)N2C)cc1)C(=O)O.